The van der Waals surface area contributed by atoms with E-state index in [1.54, 1.807) is 18.2 Å². The van der Waals surface area contributed by atoms with Crippen LogP contribution in [0.25, 0.3) is 0 Å². The summed E-state index contributed by atoms with van der Waals surface area (Å²) in [7, 11) is 0. The molecule has 0 heterocycles. The number of benzene rings is 2. The first-order valence-corrected chi connectivity index (χ1v) is 12.2. The van der Waals surface area contributed by atoms with Gasteiger partial charge in [0, 0.05) is 6.07 Å². The molecule has 3 rings (SSSR count). The van der Waals surface area contributed by atoms with Gasteiger partial charge < -0.3 is 4.74 Å². The maximum Gasteiger partial charge on any atom is 0.343 e. The predicted molar refractivity (Wildman–Crippen MR) is 130 cm³/mol. The summed E-state index contributed by atoms with van der Waals surface area (Å²) in [6.07, 6.45) is 13.4. The molecule has 1 fully saturated rings. The van der Waals surface area contributed by atoms with Crippen LogP contribution in [0.3, 0.4) is 0 Å². The highest BCUT2D eigenvalue weighted by Crippen LogP contribution is 2.41. The number of hydrogen-bond acceptors (Lipinski definition) is 3. The Morgan fingerprint density at radius 1 is 1.18 bits per heavy atom. The SMILES string of the molecule is C=CCC(c1ccc(C(=O)Oc2ccc(C#N)c(F)c2)cc1)[C@H]1CC[C@H](CCCCC)CC1. The minimum absolute atomic E-state index is 0.0811. The van der Waals surface area contributed by atoms with Gasteiger partial charge in [0.1, 0.15) is 17.6 Å². The molecule has 0 aliphatic heterocycles. The molecule has 0 aromatic heterocycles. The Bertz CT molecular complexity index is 968. The zero-order chi connectivity index (χ0) is 23.6. The van der Waals surface area contributed by atoms with Crippen molar-refractivity contribution in [2.45, 2.75) is 70.6 Å². The maximum atomic E-state index is 13.8. The zero-order valence-electron chi connectivity index (χ0n) is 19.6. The van der Waals surface area contributed by atoms with E-state index in [1.807, 2.05) is 18.2 Å². The second-order valence-electron chi connectivity index (χ2n) is 9.17. The average Bonchev–Trinajstić information content (AvgIpc) is 2.83. The van der Waals surface area contributed by atoms with E-state index in [1.165, 1.54) is 69.1 Å². The molecule has 3 nitrogen and oxygen atoms in total. The van der Waals surface area contributed by atoms with Gasteiger partial charge >= 0.3 is 5.97 Å². The molecule has 0 bridgehead atoms. The van der Waals surface area contributed by atoms with Crippen LogP contribution < -0.4 is 4.74 Å². The molecule has 2 aromatic rings. The van der Waals surface area contributed by atoms with E-state index in [-0.39, 0.29) is 11.3 Å². The van der Waals surface area contributed by atoms with Crippen molar-refractivity contribution >= 4 is 5.97 Å². The van der Waals surface area contributed by atoms with Gasteiger partial charge in [-0.15, -0.1) is 6.58 Å². The summed E-state index contributed by atoms with van der Waals surface area (Å²) in [5, 5.41) is 8.83. The Hall–Kier alpha value is -2.93. The number of hydrogen-bond donors (Lipinski definition) is 0. The van der Waals surface area contributed by atoms with Crippen molar-refractivity contribution < 1.29 is 13.9 Å². The first-order valence-electron chi connectivity index (χ1n) is 12.2. The first kappa shape index (κ1) is 24.7. The Morgan fingerprint density at radius 2 is 1.91 bits per heavy atom. The van der Waals surface area contributed by atoms with Gasteiger partial charge in [0.15, 0.2) is 0 Å². The Labute approximate surface area is 197 Å². The first-order chi connectivity index (χ1) is 16.0. The van der Waals surface area contributed by atoms with Crippen molar-refractivity contribution in [1.29, 1.82) is 5.26 Å². The van der Waals surface area contributed by atoms with Gasteiger partial charge in [-0.05, 0) is 66.8 Å². The van der Waals surface area contributed by atoms with E-state index in [0.29, 0.717) is 17.4 Å². The molecule has 0 amide bonds. The molecule has 0 radical (unpaired) electrons. The fourth-order valence-electron chi connectivity index (χ4n) is 5.02. The fourth-order valence-corrected chi connectivity index (χ4v) is 5.02. The second kappa shape index (κ2) is 12.3. The van der Waals surface area contributed by atoms with E-state index in [2.05, 4.69) is 13.5 Å². The Morgan fingerprint density at radius 3 is 2.52 bits per heavy atom. The van der Waals surface area contributed by atoms with Gasteiger partial charge in [0.05, 0.1) is 11.1 Å². The Balaban J connectivity index is 1.62. The molecule has 1 saturated carbocycles. The number of halogens is 1. The minimum atomic E-state index is -0.703. The number of carbonyl (C=O) groups is 1. The molecule has 0 N–H and O–H groups in total. The molecule has 1 aliphatic carbocycles. The van der Waals surface area contributed by atoms with Gasteiger partial charge in [0.2, 0.25) is 0 Å². The lowest BCUT2D eigenvalue weighted by atomic mass is 9.71. The molecule has 2 aromatic carbocycles. The standard InChI is InChI=1S/C29H34FNO2/c1-3-5-6-8-21-9-11-22(12-10-21)27(7-4-2)23-13-15-24(16-14-23)29(32)33-26-18-17-25(20-31)28(30)19-26/h4,13-19,21-22,27H,2-3,5-12H2,1H3/t21-,22-,27?. The molecular weight excluding hydrogens is 413 g/mol. The molecule has 0 saturated heterocycles. The number of ether oxygens (including phenoxy) is 1. The van der Waals surface area contributed by atoms with Crippen LogP contribution in [0.2, 0.25) is 0 Å². The van der Waals surface area contributed by atoms with Crippen molar-refractivity contribution in [3.63, 3.8) is 0 Å². The quantitative estimate of drug-likeness (QED) is 0.161. The van der Waals surface area contributed by atoms with Crippen LogP contribution in [-0.2, 0) is 0 Å². The summed E-state index contributed by atoms with van der Waals surface area (Å²) >= 11 is 0. The fraction of sp³-hybridized carbons (Fsp3) is 0.448. The lowest BCUT2D eigenvalue weighted by Crippen LogP contribution is -2.21. The lowest BCUT2D eigenvalue weighted by Gasteiger charge is -2.34. The van der Waals surface area contributed by atoms with Gasteiger partial charge in [0.25, 0.3) is 0 Å². The normalized spacial score (nSPS) is 18.8. The summed E-state index contributed by atoms with van der Waals surface area (Å²) in [6.45, 7) is 6.23. The van der Waals surface area contributed by atoms with Crippen LogP contribution in [0.5, 0.6) is 5.75 Å². The smallest absolute Gasteiger partial charge is 0.343 e. The van der Waals surface area contributed by atoms with Gasteiger partial charge in [-0.3, -0.25) is 0 Å². The number of nitrogens with zero attached hydrogens (tertiary/aromatic N) is 1. The largest absolute Gasteiger partial charge is 0.423 e. The number of allylic oxidation sites excluding steroid dienone is 1. The van der Waals surface area contributed by atoms with Crippen molar-refractivity contribution in [3.05, 3.63) is 77.6 Å². The Kier molecular flexibility index (Phi) is 9.24. The van der Waals surface area contributed by atoms with Crippen LogP contribution in [0.4, 0.5) is 4.39 Å². The summed E-state index contributed by atoms with van der Waals surface area (Å²) in [5.74, 6) is 0.771. The van der Waals surface area contributed by atoms with E-state index in [4.69, 9.17) is 10.00 Å². The zero-order valence-corrected chi connectivity index (χ0v) is 19.6. The molecule has 0 spiro atoms. The summed E-state index contributed by atoms with van der Waals surface area (Å²) in [4.78, 5) is 12.5. The van der Waals surface area contributed by atoms with E-state index < -0.39 is 11.8 Å². The van der Waals surface area contributed by atoms with E-state index >= 15 is 0 Å². The third kappa shape index (κ3) is 6.78. The highest BCUT2D eigenvalue weighted by atomic mass is 19.1. The second-order valence-corrected chi connectivity index (χ2v) is 9.17. The predicted octanol–water partition coefficient (Wildman–Crippen LogP) is 7.96. The summed E-state index contributed by atoms with van der Waals surface area (Å²) in [6, 6.07) is 13.1. The topological polar surface area (TPSA) is 50.1 Å². The van der Waals surface area contributed by atoms with Crippen LogP contribution in [-0.4, -0.2) is 5.97 Å². The summed E-state index contributed by atoms with van der Waals surface area (Å²) < 4.78 is 19.1. The number of rotatable bonds is 10. The number of carbonyl (C=O) groups excluding carboxylic acids is 1. The van der Waals surface area contributed by atoms with Crippen LogP contribution >= 0.6 is 0 Å². The van der Waals surface area contributed by atoms with Gasteiger partial charge in [-0.2, -0.15) is 5.26 Å². The minimum Gasteiger partial charge on any atom is -0.423 e. The van der Waals surface area contributed by atoms with E-state index in [9.17, 15) is 9.18 Å². The monoisotopic (exact) mass is 447 g/mol. The molecule has 174 valence electrons. The summed E-state index contributed by atoms with van der Waals surface area (Å²) in [5.41, 5.74) is 1.56. The lowest BCUT2D eigenvalue weighted by molar-refractivity contribution is 0.0734. The van der Waals surface area contributed by atoms with Crippen molar-refractivity contribution in [1.82, 2.24) is 0 Å². The van der Waals surface area contributed by atoms with Gasteiger partial charge in [-0.25, -0.2) is 9.18 Å². The third-order valence-electron chi connectivity index (χ3n) is 6.94. The number of nitriles is 1. The molecule has 33 heavy (non-hydrogen) atoms. The average molecular weight is 448 g/mol. The van der Waals surface area contributed by atoms with E-state index in [0.717, 1.165) is 18.4 Å². The van der Waals surface area contributed by atoms with Crippen LogP contribution in [0.15, 0.2) is 55.1 Å². The molecule has 1 aliphatic rings. The molecule has 4 heteroatoms. The highest BCUT2D eigenvalue weighted by Gasteiger charge is 2.28. The van der Waals surface area contributed by atoms with Crippen molar-refractivity contribution in [2.75, 3.05) is 0 Å². The van der Waals surface area contributed by atoms with Crippen LogP contribution in [0, 0.1) is 29.0 Å². The van der Waals surface area contributed by atoms with Crippen LogP contribution in [0.1, 0.15) is 92.1 Å². The van der Waals surface area contributed by atoms with Gasteiger partial charge in [-0.1, -0.05) is 63.7 Å². The number of esters is 1. The van der Waals surface area contributed by atoms with Crippen molar-refractivity contribution in [2.24, 2.45) is 11.8 Å². The molecule has 1 unspecified atom stereocenters. The maximum absolute atomic E-state index is 13.8. The third-order valence-corrected chi connectivity index (χ3v) is 6.94. The molecule has 1 atom stereocenters. The van der Waals surface area contributed by atoms with Crippen molar-refractivity contribution in [3.8, 4) is 11.8 Å². The number of unbranched alkanes of at least 4 members (excludes halogenated alkanes) is 2. The highest BCUT2D eigenvalue weighted by molar-refractivity contribution is 5.91. The molecular formula is C29H34FNO2.